The molecule has 0 amide bonds. The van der Waals surface area contributed by atoms with E-state index in [-0.39, 0.29) is 12.4 Å². The number of fused-ring (bicyclic) bond motifs is 3. The SMILES string of the molecule is Cc1cc(Nc2ncc3ccc4ncc(C(C)C)n4c3n2)ncc1N1CCNCC1.Cl. The lowest BCUT2D eigenvalue weighted by Crippen LogP contribution is -2.43. The number of anilines is 3. The number of aryl methyl sites for hydroxylation is 1. The van der Waals surface area contributed by atoms with Crippen LogP contribution in [0.3, 0.4) is 0 Å². The van der Waals surface area contributed by atoms with E-state index < -0.39 is 0 Å². The lowest BCUT2D eigenvalue weighted by Gasteiger charge is -2.30. The second kappa shape index (κ2) is 8.64. The molecule has 5 rings (SSSR count). The lowest BCUT2D eigenvalue weighted by molar-refractivity contribution is 0.588. The van der Waals surface area contributed by atoms with Gasteiger partial charge in [0.25, 0.3) is 0 Å². The Labute approximate surface area is 187 Å². The van der Waals surface area contributed by atoms with Crippen molar-refractivity contribution in [2.45, 2.75) is 26.7 Å². The van der Waals surface area contributed by atoms with Crippen LogP contribution in [0.1, 0.15) is 31.0 Å². The van der Waals surface area contributed by atoms with Crippen LogP contribution in [0, 0.1) is 6.92 Å². The molecule has 5 heterocycles. The van der Waals surface area contributed by atoms with E-state index in [9.17, 15) is 0 Å². The largest absolute Gasteiger partial charge is 0.368 e. The summed E-state index contributed by atoms with van der Waals surface area (Å²) >= 11 is 0. The monoisotopic (exact) mass is 438 g/mol. The first kappa shape index (κ1) is 21.3. The highest BCUT2D eigenvalue weighted by Gasteiger charge is 2.15. The molecule has 4 aromatic heterocycles. The third kappa shape index (κ3) is 4.00. The van der Waals surface area contributed by atoms with E-state index in [1.54, 1.807) is 0 Å². The molecular weight excluding hydrogens is 412 g/mol. The molecule has 1 saturated heterocycles. The van der Waals surface area contributed by atoms with Crippen molar-refractivity contribution in [3.05, 3.63) is 48.0 Å². The molecule has 0 atom stereocenters. The van der Waals surface area contributed by atoms with E-state index in [0.29, 0.717) is 11.9 Å². The quantitative estimate of drug-likeness (QED) is 0.502. The van der Waals surface area contributed by atoms with Crippen LogP contribution in [-0.4, -0.2) is 50.5 Å². The Morgan fingerprint density at radius 3 is 2.58 bits per heavy atom. The Hall–Kier alpha value is -2.97. The molecular formula is C22H27ClN8. The predicted octanol–water partition coefficient (Wildman–Crippen LogP) is 3.68. The van der Waals surface area contributed by atoms with Crippen molar-refractivity contribution in [3.63, 3.8) is 0 Å². The van der Waals surface area contributed by atoms with Gasteiger partial charge in [0, 0.05) is 49.7 Å². The van der Waals surface area contributed by atoms with Gasteiger partial charge >= 0.3 is 0 Å². The smallest absolute Gasteiger partial charge is 0.230 e. The van der Waals surface area contributed by atoms with Crippen molar-refractivity contribution in [2.24, 2.45) is 0 Å². The van der Waals surface area contributed by atoms with Crippen LogP contribution in [0.4, 0.5) is 17.5 Å². The van der Waals surface area contributed by atoms with Gasteiger partial charge in [0.1, 0.15) is 11.5 Å². The second-order valence-electron chi connectivity index (χ2n) is 8.06. The molecule has 162 valence electrons. The molecule has 1 aliphatic rings. The molecule has 0 radical (unpaired) electrons. The van der Waals surface area contributed by atoms with Gasteiger partial charge in [0.05, 0.1) is 11.9 Å². The molecule has 1 fully saturated rings. The van der Waals surface area contributed by atoms with Crippen LogP contribution in [0.2, 0.25) is 0 Å². The number of hydrogen-bond acceptors (Lipinski definition) is 7. The van der Waals surface area contributed by atoms with Gasteiger partial charge in [-0.25, -0.2) is 15.0 Å². The normalized spacial score (nSPS) is 14.3. The number of halogens is 1. The fourth-order valence-electron chi connectivity index (χ4n) is 4.01. The van der Waals surface area contributed by atoms with Crippen molar-refractivity contribution in [3.8, 4) is 0 Å². The molecule has 4 aromatic rings. The topological polar surface area (TPSA) is 83.3 Å². The summed E-state index contributed by atoms with van der Waals surface area (Å²) in [4.78, 5) is 20.8. The number of pyridine rings is 2. The molecule has 31 heavy (non-hydrogen) atoms. The Morgan fingerprint density at radius 1 is 1.03 bits per heavy atom. The van der Waals surface area contributed by atoms with Gasteiger partial charge in [-0.1, -0.05) is 13.8 Å². The number of piperazine rings is 1. The van der Waals surface area contributed by atoms with Gasteiger partial charge in [0.15, 0.2) is 5.65 Å². The number of imidazole rings is 1. The van der Waals surface area contributed by atoms with Crippen molar-refractivity contribution >= 4 is 46.5 Å². The number of hydrogen-bond donors (Lipinski definition) is 2. The Bertz CT molecular complexity index is 1210. The van der Waals surface area contributed by atoms with Crippen LogP contribution >= 0.6 is 12.4 Å². The minimum atomic E-state index is 0. The van der Waals surface area contributed by atoms with E-state index in [1.165, 1.54) is 11.3 Å². The average Bonchev–Trinajstić information content (AvgIpc) is 3.20. The maximum Gasteiger partial charge on any atom is 0.230 e. The minimum absolute atomic E-state index is 0. The zero-order valence-corrected chi connectivity index (χ0v) is 18.8. The third-order valence-corrected chi connectivity index (χ3v) is 5.61. The van der Waals surface area contributed by atoms with Gasteiger partial charge in [-0.15, -0.1) is 12.4 Å². The fourth-order valence-corrected chi connectivity index (χ4v) is 4.01. The van der Waals surface area contributed by atoms with E-state index in [1.807, 2.05) is 30.7 Å². The maximum absolute atomic E-state index is 4.80. The lowest BCUT2D eigenvalue weighted by atomic mass is 10.1. The van der Waals surface area contributed by atoms with Crippen LogP contribution in [0.25, 0.3) is 16.7 Å². The molecule has 2 N–H and O–H groups in total. The number of rotatable bonds is 4. The van der Waals surface area contributed by atoms with Gasteiger partial charge in [-0.2, -0.15) is 4.98 Å². The first-order valence-electron chi connectivity index (χ1n) is 10.4. The summed E-state index contributed by atoms with van der Waals surface area (Å²) in [5.74, 6) is 1.62. The van der Waals surface area contributed by atoms with E-state index in [2.05, 4.69) is 61.7 Å². The summed E-state index contributed by atoms with van der Waals surface area (Å²) in [5.41, 5.74) is 5.25. The summed E-state index contributed by atoms with van der Waals surface area (Å²) in [7, 11) is 0. The van der Waals surface area contributed by atoms with Gasteiger partial charge in [-0.05, 0) is 36.6 Å². The van der Waals surface area contributed by atoms with Crippen molar-refractivity contribution in [1.29, 1.82) is 0 Å². The molecule has 0 aliphatic carbocycles. The summed E-state index contributed by atoms with van der Waals surface area (Å²) in [6.45, 7) is 10.5. The van der Waals surface area contributed by atoms with Gasteiger partial charge in [-0.3, -0.25) is 4.40 Å². The Kier molecular flexibility index (Phi) is 5.93. The van der Waals surface area contributed by atoms with Crippen molar-refractivity contribution in [2.75, 3.05) is 36.4 Å². The van der Waals surface area contributed by atoms with Gasteiger partial charge < -0.3 is 15.5 Å². The summed E-state index contributed by atoms with van der Waals surface area (Å²) in [6.07, 6.45) is 5.71. The van der Waals surface area contributed by atoms with Crippen molar-refractivity contribution in [1.82, 2.24) is 29.7 Å². The molecule has 0 saturated carbocycles. The van der Waals surface area contributed by atoms with E-state index in [4.69, 9.17) is 4.98 Å². The fraction of sp³-hybridized carbons (Fsp3) is 0.364. The average molecular weight is 439 g/mol. The predicted molar refractivity (Wildman–Crippen MR) is 127 cm³/mol. The number of nitrogens with one attached hydrogen (secondary N) is 2. The summed E-state index contributed by atoms with van der Waals surface area (Å²) < 4.78 is 2.11. The molecule has 0 spiro atoms. The zero-order chi connectivity index (χ0) is 20.7. The Morgan fingerprint density at radius 2 is 1.84 bits per heavy atom. The number of nitrogens with zero attached hydrogens (tertiary/aromatic N) is 6. The highest BCUT2D eigenvalue weighted by Crippen LogP contribution is 2.25. The highest BCUT2D eigenvalue weighted by atomic mass is 35.5. The first-order valence-corrected chi connectivity index (χ1v) is 10.4. The molecule has 0 unspecified atom stereocenters. The summed E-state index contributed by atoms with van der Waals surface area (Å²) in [5, 5.41) is 7.64. The minimum Gasteiger partial charge on any atom is -0.368 e. The number of aromatic nitrogens is 5. The maximum atomic E-state index is 4.80. The van der Waals surface area contributed by atoms with Crippen molar-refractivity contribution < 1.29 is 0 Å². The molecule has 9 heteroatoms. The zero-order valence-electron chi connectivity index (χ0n) is 18.0. The van der Waals surface area contributed by atoms with Gasteiger partial charge in [0.2, 0.25) is 5.95 Å². The summed E-state index contributed by atoms with van der Waals surface area (Å²) in [6, 6.07) is 6.07. The second-order valence-corrected chi connectivity index (χ2v) is 8.06. The van der Waals surface area contributed by atoms with Crippen LogP contribution in [0.5, 0.6) is 0 Å². The van der Waals surface area contributed by atoms with Crippen LogP contribution < -0.4 is 15.5 Å². The molecule has 1 aliphatic heterocycles. The standard InChI is InChI=1S/C22H26N8.ClH/c1-14(2)17-12-25-20-5-4-16-11-26-22(28-21(16)30(17)20)27-19-10-15(3)18(13-24-19)29-8-6-23-7-9-29;/h4-5,10-14,23H,6-9H2,1-3H3,(H,24,26,27,28);1H. The molecule has 0 aromatic carbocycles. The molecule has 0 bridgehead atoms. The molecule has 8 nitrogen and oxygen atoms in total. The third-order valence-electron chi connectivity index (χ3n) is 5.61. The van der Waals surface area contributed by atoms with E-state index >= 15 is 0 Å². The van der Waals surface area contributed by atoms with E-state index in [0.717, 1.165) is 54.4 Å². The van der Waals surface area contributed by atoms with Crippen LogP contribution in [-0.2, 0) is 0 Å². The van der Waals surface area contributed by atoms with Crippen LogP contribution in [0.15, 0.2) is 36.8 Å². The Balaban J connectivity index is 0.00000231. The first-order chi connectivity index (χ1) is 14.6. The highest BCUT2D eigenvalue weighted by molar-refractivity contribution is 5.85.